The number of amides is 2. The number of allylic oxidation sites excluding steroid dienone is 1. The van der Waals surface area contributed by atoms with E-state index in [2.05, 4.69) is 11.5 Å². The number of ether oxygens (including phenoxy) is 2. The van der Waals surface area contributed by atoms with Gasteiger partial charge in [0.1, 0.15) is 11.5 Å². The first-order valence-corrected chi connectivity index (χ1v) is 12.8. The Hall–Kier alpha value is -3.80. The van der Waals surface area contributed by atoms with Crippen molar-refractivity contribution in [1.29, 1.82) is 0 Å². The van der Waals surface area contributed by atoms with Gasteiger partial charge in [-0.2, -0.15) is 0 Å². The Kier molecular flexibility index (Phi) is 6.67. The summed E-state index contributed by atoms with van der Waals surface area (Å²) >= 11 is 7.09. The molecule has 1 N–H and O–H groups in total. The predicted octanol–water partition coefficient (Wildman–Crippen LogP) is 4.23. The number of anilines is 3. The summed E-state index contributed by atoms with van der Waals surface area (Å²) in [5, 5.41) is 4.29. The number of aromatic nitrogens is 1. The molecule has 2 aliphatic rings. The maximum atomic E-state index is 13.9. The van der Waals surface area contributed by atoms with Gasteiger partial charge >= 0.3 is 0 Å². The molecule has 0 saturated carbocycles. The molecule has 37 heavy (non-hydrogen) atoms. The highest BCUT2D eigenvalue weighted by atomic mass is 32.1. The number of thiazole rings is 1. The Morgan fingerprint density at radius 3 is 2.03 bits per heavy atom. The number of carbonyl (C=O) groups excluding carboxylic acids is 2. The van der Waals surface area contributed by atoms with Crippen LogP contribution in [0.4, 0.5) is 16.5 Å². The van der Waals surface area contributed by atoms with Crippen LogP contribution in [0, 0.1) is 0 Å². The van der Waals surface area contributed by atoms with E-state index in [1.54, 1.807) is 68.1 Å². The molecule has 2 aromatic carbocycles. The molecule has 1 atom stereocenters. The number of hydrogen-bond donors (Lipinski definition) is 1. The molecular formula is C26H25N5O4S2. The zero-order valence-electron chi connectivity index (χ0n) is 20.7. The zero-order valence-corrected chi connectivity index (χ0v) is 22.3. The molecular weight excluding hydrogens is 510 g/mol. The third-order valence-electron chi connectivity index (χ3n) is 6.11. The summed E-state index contributed by atoms with van der Waals surface area (Å²) in [6.45, 7) is 4.01. The van der Waals surface area contributed by atoms with E-state index in [9.17, 15) is 9.59 Å². The van der Waals surface area contributed by atoms with Crippen molar-refractivity contribution in [3.05, 3.63) is 71.4 Å². The van der Waals surface area contributed by atoms with Crippen LogP contribution in [0.1, 0.15) is 25.5 Å². The number of hydrogen-bond acceptors (Lipinski definition) is 9. The second-order valence-corrected chi connectivity index (χ2v) is 9.78. The van der Waals surface area contributed by atoms with Crippen molar-refractivity contribution in [3.63, 3.8) is 0 Å². The SMILES string of the molecule is COc1cccc(N2C(=O)C(c3csc(N4NC(C)C=C4C)n3)C(=O)N(c3cccc(OC)c3)C2=S)c1. The number of nitrogens with one attached hydrogen (secondary N) is 1. The van der Waals surface area contributed by atoms with Crippen LogP contribution >= 0.6 is 23.6 Å². The van der Waals surface area contributed by atoms with Crippen LogP contribution in [0.25, 0.3) is 0 Å². The highest BCUT2D eigenvalue weighted by Gasteiger charge is 2.47. The van der Waals surface area contributed by atoms with Gasteiger partial charge in [-0.05, 0) is 56.4 Å². The van der Waals surface area contributed by atoms with E-state index >= 15 is 0 Å². The topological polar surface area (TPSA) is 87.2 Å². The van der Waals surface area contributed by atoms with E-state index in [0.717, 1.165) is 5.70 Å². The van der Waals surface area contributed by atoms with E-state index in [1.807, 2.05) is 18.9 Å². The minimum atomic E-state index is -1.20. The Morgan fingerprint density at radius 2 is 1.54 bits per heavy atom. The first-order valence-electron chi connectivity index (χ1n) is 11.5. The zero-order chi connectivity index (χ0) is 26.3. The summed E-state index contributed by atoms with van der Waals surface area (Å²) in [6, 6.07) is 14.1. The summed E-state index contributed by atoms with van der Waals surface area (Å²) in [7, 11) is 3.09. The molecule has 9 nitrogen and oxygen atoms in total. The summed E-state index contributed by atoms with van der Waals surface area (Å²) < 4.78 is 10.7. The molecule has 0 bridgehead atoms. The molecule has 11 heteroatoms. The van der Waals surface area contributed by atoms with Crippen LogP contribution in [0.2, 0.25) is 0 Å². The van der Waals surface area contributed by atoms with E-state index in [0.29, 0.717) is 33.7 Å². The number of thiocarbonyl (C=S) groups is 1. The van der Waals surface area contributed by atoms with Gasteiger partial charge < -0.3 is 9.47 Å². The quantitative estimate of drug-likeness (QED) is 0.371. The lowest BCUT2D eigenvalue weighted by atomic mass is 9.99. The van der Waals surface area contributed by atoms with Crippen molar-refractivity contribution in [2.45, 2.75) is 25.8 Å². The number of nitrogens with zero attached hydrogens (tertiary/aromatic N) is 4. The Bertz CT molecular complexity index is 1350. The lowest BCUT2D eigenvalue weighted by Gasteiger charge is -2.39. The molecule has 1 unspecified atom stereocenters. The Labute approximate surface area is 223 Å². The van der Waals surface area contributed by atoms with E-state index < -0.39 is 17.7 Å². The summed E-state index contributed by atoms with van der Waals surface area (Å²) in [4.78, 5) is 35.3. The highest BCUT2D eigenvalue weighted by Crippen LogP contribution is 2.37. The average molecular weight is 536 g/mol. The summed E-state index contributed by atoms with van der Waals surface area (Å²) in [5.41, 5.74) is 5.64. The first-order chi connectivity index (χ1) is 17.8. The van der Waals surface area contributed by atoms with Crippen molar-refractivity contribution >= 4 is 57.0 Å². The maximum absolute atomic E-state index is 13.9. The fourth-order valence-electron chi connectivity index (χ4n) is 4.38. The van der Waals surface area contributed by atoms with Gasteiger partial charge in [-0.15, -0.1) is 11.3 Å². The fourth-order valence-corrected chi connectivity index (χ4v) is 5.64. The van der Waals surface area contributed by atoms with Crippen molar-refractivity contribution in [3.8, 4) is 11.5 Å². The standard InChI is InChI=1S/C26H25N5O4S2/c1-15-11-16(2)31(28-15)25-27-21(14-37-25)22-23(32)29(17-7-5-9-19(12-17)34-3)26(36)30(24(22)33)18-8-6-10-20(13-18)35-4/h5-15,22,28H,1-4H3. The second kappa shape index (κ2) is 9.92. The number of carbonyl (C=O) groups is 2. The minimum absolute atomic E-state index is 0.0389. The Morgan fingerprint density at radius 1 is 0.973 bits per heavy atom. The molecule has 1 aromatic heterocycles. The molecule has 2 amide bonds. The summed E-state index contributed by atoms with van der Waals surface area (Å²) in [6.07, 6.45) is 2.07. The molecule has 1 saturated heterocycles. The molecule has 5 rings (SSSR count). The highest BCUT2D eigenvalue weighted by molar-refractivity contribution is 7.81. The van der Waals surface area contributed by atoms with Gasteiger partial charge in [0.2, 0.25) is 5.13 Å². The van der Waals surface area contributed by atoms with Gasteiger partial charge in [0.15, 0.2) is 11.0 Å². The van der Waals surface area contributed by atoms with Gasteiger partial charge in [0.25, 0.3) is 11.8 Å². The third kappa shape index (κ3) is 4.45. The molecule has 0 spiro atoms. The van der Waals surface area contributed by atoms with Crippen molar-refractivity contribution < 1.29 is 19.1 Å². The second-order valence-electron chi connectivity index (χ2n) is 8.58. The third-order valence-corrected chi connectivity index (χ3v) is 7.32. The number of benzene rings is 2. The van der Waals surface area contributed by atoms with Gasteiger partial charge in [-0.25, -0.2) is 10.4 Å². The van der Waals surface area contributed by atoms with E-state index in [4.69, 9.17) is 26.7 Å². The van der Waals surface area contributed by atoms with Crippen molar-refractivity contribution in [2.75, 3.05) is 29.0 Å². The van der Waals surface area contributed by atoms with Crippen LogP contribution in [-0.2, 0) is 9.59 Å². The van der Waals surface area contributed by atoms with Crippen LogP contribution in [-0.4, -0.2) is 42.2 Å². The maximum Gasteiger partial charge on any atom is 0.252 e. The predicted molar refractivity (Wildman–Crippen MR) is 147 cm³/mol. The molecule has 2 aliphatic heterocycles. The summed E-state index contributed by atoms with van der Waals surface area (Å²) in [5.74, 6) is -1.04. The normalized spacial score (nSPS) is 18.5. The number of rotatable bonds is 6. The van der Waals surface area contributed by atoms with Gasteiger partial charge in [-0.3, -0.25) is 24.4 Å². The number of methoxy groups -OCH3 is 2. The lowest BCUT2D eigenvalue weighted by Crippen LogP contribution is -2.59. The molecule has 1 fully saturated rings. The molecule has 0 radical (unpaired) electrons. The van der Waals surface area contributed by atoms with Gasteiger partial charge in [0.05, 0.1) is 31.3 Å². The molecule has 190 valence electrons. The van der Waals surface area contributed by atoms with E-state index in [-0.39, 0.29) is 11.2 Å². The van der Waals surface area contributed by atoms with Crippen molar-refractivity contribution in [1.82, 2.24) is 10.4 Å². The van der Waals surface area contributed by atoms with Gasteiger partial charge in [0, 0.05) is 29.3 Å². The Balaban J connectivity index is 1.60. The molecule has 0 aliphatic carbocycles. The fraction of sp³-hybridized carbons (Fsp3) is 0.231. The van der Waals surface area contributed by atoms with Crippen LogP contribution in [0.3, 0.4) is 0 Å². The molecule has 3 aromatic rings. The van der Waals surface area contributed by atoms with Crippen molar-refractivity contribution in [2.24, 2.45) is 0 Å². The van der Waals surface area contributed by atoms with Gasteiger partial charge in [-0.1, -0.05) is 12.1 Å². The van der Waals surface area contributed by atoms with E-state index in [1.165, 1.54) is 21.1 Å². The first kappa shape index (κ1) is 24.9. The number of hydrazine groups is 1. The minimum Gasteiger partial charge on any atom is -0.497 e. The average Bonchev–Trinajstić information content (AvgIpc) is 3.50. The largest absolute Gasteiger partial charge is 0.497 e. The monoisotopic (exact) mass is 535 g/mol. The lowest BCUT2D eigenvalue weighted by molar-refractivity contribution is -0.128. The smallest absolute Gasteiger partial charge is 0.252 e. The van der Waals surface area contributed by atoms with Crippen LogP contribution in [0.5, 0.6) is 11.5 Å². The van der Waals surface area contributed by atoms with Crippen LogP contribution < -0.4 is 29.7 Å². The molecule has 3 heterocycles. The van der Waals surface area contributed by atoms with Crippen LogP contribution in [0.15, 0.2) is 65.7 Å².